The summed E-state index contributed by atoms with van der Waals surface area (Å²) in [6, 6.07) is 7.44. The lowest BCUT2D eigenvalue weighted by molar-refractivity contribution is -0.115. The van der Waals surface area contributed by atoms with Gasteiger partial charge >= 0.3 is 0 Å². The molecular formula is C19H18N4O3. The van der Waals surface area contributed by atoms with Crippen LogP contribution in [0.15, 0.2) is 41.1 Å². The normalized spacial score (nSPS) is 11.2. The molecule has 4 aromatic rings. The van der Waals surface area contributed by atoms with E-state index in [-0.39, 0.29) is 12.3 Å². The number of anilines is 1. The summed E-state index contributed by atoms with van der Waals surface area (Å²) in [5.41, 5.74) is 3.83. The van der Waals surface area contributed by atoms with Crippen LogP contribution in [0.5, 0.6) is 5.75 Å². The van der Waals surface area contributed by atoms with Gasteiger partial charge in [0.05, 0.1) is 37.4 Å². The van der Waals surface area contributed by atoms with Gasteiger partial charge in [-0.1, -0.05) is 0 Å². The topological polar surface area (TPSA) is 82.2 Å². The Bertz CT molecular complexity index is 1130. The number of nitrogens with one attached hydrogen (secondary N) is 1. The Labute approximate surface area is 149 Å². The molecule has 26 heavy (non-hydrogen) atoms. The Balaban J connectivity index is 1.55. The van der Waals surface area contributed by atoms with Gasteiger partial charge in [0.1, 0.15) is 11.3 Å². The van der Waals surface area contributed by atoms with Crippen molar-refractivity contribution in [2.24, 2.45) is 7.05 Å². The molecule has 0 unspecified atom stereocenters. The van der Waals surface area contributed by atoms with Crippen molar-refractivity contribution in [2.75, 3.05) is 12.4 Å². The molecule has 0 atom stereocenters. The Morgan fingerprint density at radius 2 is 2.15 bits per heavy atom. The second-order valence-electron chi connectivity index (χ2n) is 6.15. The van der Waals surface area contributed by atoms with Crippen LogP contribution in [-0.4, -0.2) is 27.8 Å². The summed E-state index contributed by atoms with van der Waals surface area (Å²) in [5, 5.41) is 9.05. The third-order valence-corrected chi connectivity index (χ3v) is 4.36. The number of nitrogens with zero attached hydrogens (tertiary/aromatic N) is 3. The Kier molecular flexibility index (Phi) is 3.84. The predicted molar refractivity (Wildman–Crippen MR) is 98.3 cm³/mol. The monoisotopic (exact) mass is 350 g/mol. The summed E-state index contributed by atoms with van der Waals surface area (Å²) in [6.07, 6.45) is 3.46. The minimum atomic E-state index is -0.133. The lowest BCUT2D eigenvalue weighted by atomic mass is 10.1. The maximum Gasteiger partial charge on any atom is 0.228 e. The number of methoxy groups -OCH3 is 1. The molecule has 7 heteroatoms. The first-order chi connectivity index (χ1) is 12.5. The second-order valence-corrected chi connectivity index (χ2v) is 6.15. The first kappa shape index (κ1) is 16.1. The van der Waals surface area contributed by atoms with Crippen molar-refractivity contribution in [3.05, 3.63) is 48.0 Å². The molecule has 1 aromatic carbocycles. The van der Waals surface area contributed by atoms with Gasteiger partial charge in [0.25, 0.3) is 0 Å². The standard InChI is InChI=1S/C19H18N4O3/c1-11-16-7-13(9-20-19(16)23(2)22-11)21-18(24)6-12-10-26-17-8-14(25-3)4-5-15(12)17/h4-5,7-10H,6H2,1-3H3,(H,21,24). The van der Waals surface area contributed by atoms with Crippen molar-refractivity contribution < 1.29 is 13.9 Å². The maximum absolute atomic E-state index is 12.4. The minimum Gasteiger partial charge on any atom is -0.497 e. The fraction of sp³-hybridized carbons (Fsp3) is 0.211. The van der Waals surface area contributed by atoms with Gasteiger partial charge in [0.15, 0.2) is 5.65 Å². The lowest BCUT2D eigenvalue weighted by Gasteiger charge is -2.05. The van der Waals surface area contributed by atoms with Crippen LogP contribution in [0.4, 0.5) is 5.69 Å². The summed E-state index contributed by atoms with van der Waals surface area (Å²) >= 11 is 0. The van der Waals surface area contributed by atoms with E-state index in [1.807, 2.05) is 32.2 Å². The van der Waals surface area contributed by atoms with Crippen LogP contribution in [0.2, 0.25) is 0 Å². The highest BCUT2D eigenvalue weighted by Gasteiger charge is 2.13. The van der Waals surface area contributed by atoms with E-state index < -0.39 is 0 Å². The highest BCUT2D eigenvalue weighted by molar-refractivity contribution is 5.96. The van der Waals surface area contributed by atoms with E-state index in [1.54, 1.807) is 30.3 Å². The van der Waals surface area contributed by atoms with Crippen LogP contribution in [-0.2, 0) is 18.3 Å². The molecule has 0 saturated heterocycles. The number of rotatable bonds is 4. The van der Waals surface area contributed by atoms with Crippen molar-refractivity contribution in [2.45, 2.75) is 13.3 Å². The molecule has 0 aliphatic carbocycles. The zero-order valence-corrected chi connectivity index (χ0v) is 14.7. The summed E-state index contributed by atoms with van der Waals surface area (Å²) in [5.74, 6) is 0.584. The third-order valence-electron chi connectivity index (χ3n) is 4.36. The fourth-order valence-electron chi connectivity index (χ4n) is 3.08. The van der Waals surface area contributed by atoms with Gasteiger partial charge in [-0.05, 0) is 25.1 Å². The van der Waals surface area contributed by atoms with Crippen LogP contribution in [0, 0.1) is 6.92 Å². The number of aryl methyl sites for hydroxylation is 2. The number of benzene rings is 1. The number of carbonyl (C=O) groups excluding carboxylic acids is 1. The van der Waals surface area contributed by atoms with Gasteiger partial charge in [0.2, 0.25) is 5.91 Å². The molecule has 1 amide bonds. The van der Waals surface area contributed by atoms with Crippen molar-refractivity contribution in [1.82, 2.24) is 14.8 Å². The van der Waals surface area contributed by atoms with E-state index in [0.717, 1.165) is 27.7 Å². The molecule has 0 radical (unpaired) electrons. The molecule has 0 spiro atoms. The van der Waals surface area contributed by atoms with E-state index >= 15 is 0 Å². The zero-order valence-electron chi connectivity index (χ0n) is 14.7. The molecule has 0 saturated carbocycles. The molecule has 0 bridgehead atoms. The summed E-state index contributed by atoms with van der Waals surface area (Å²) in [4.78, 5) is 16.8. The number of hydrogen-bond acceptors (Lipinski definition) is 5. The molecule has 0 aliphatic heterocycles. The van der Waals surface area contributed by atoms with Gasteiger partial charge in [-0.2, -0.15) is 5.10 Å². The van der Waals surface area contributed by atoms with Crippen LogP contribution in [0.25, 0.3) is 22.0 Å². The predicted octanol–water partition coefficient (Wildman–Crippen LogP) is 3.21. The molecule has 1 N–H and O–H groups in total. The van der Waals surface area contributed by atoms with Gasteiger partial charge in [-0.25, -0.2) is 4.98 Å². The van der Waals surface area contributed by atoms with Gasteiger partial charge in [-0.3, -0.25) is 9.48 Å². The van der Waals surface area contributed by atoms with Gasteiger partial charge in [0, 0.05) is 29.4 Å². The first-order valence-electron chi connectivity index (χ1n) is 8.18. The van der Waals surface area contributed by atoms with Gasteiger partial charge in [-0.15, -0.1) is 0 Å². The third kappa shape index (κ3) is 2.77. The van der Waals surface area contributed by atoms with E-state index in [9.17, 15) is 4.79 Å². The minimum absolute atomic E-state index is 0.133. The number of ether oxygens (including phenoxy) is 1. The quantitative estimate of drug-likeness (QED) is 0.611. The number of hydrogen-bond donors (Lipinski definition) is 1. The van der Waals surface area contributed by atoms with Crippen molar-refractivity contribution >= 4 is 33.6 Å². The van der Waals surface area contributed by atoms with Crippen molar-refractivity contribution in [3.8, 4) is 5.75 Å². The number of pyridine rings is 1. The smallest absolute Gasteiger partial charge is 0.228 e. The Morgan fingerprint density at radius 3 is 2.96 bits per heavy atom. The summed E-state index contributed by atoms with van der Waals surface area (Å²) in [6.45, 7) is 1.92. The largest absolute Gasteiger partial charge is 0.497 e. The number of carbonyl (C=O) groups is 1. The molecule has 4 rings (SSSR count). The molecule has 0 aliphatic rings. The van der Waals surface area contributed by atoms with Crippen LogP contribution < -0.4 is 10.1 Å². The number of aromatic nitrogens is 3. The average molecular weight is 350 g/mol. The Morgan fingerprint density at radius 1 is 1.31 bits per heavy atom. The second kappa shape index (κ2) is 6.18. The number of fused-ring (bicyclic) bond motifs is 2. The van der Waals surface area contributed by atoms with Crippen LogP contribution in [0.3, 0.4) is 0 Å². The molecule has 7 nitrogen and oxygen atoms in total. The summed E-state index contributed by atoms with van der Waals surface area (Å²) < 4.78 is 12.4. The lowest BCUT2D eigenvalue weighted by Crippen LogP contribution is -2.14. The van der Waals surface area contributed by atoms with Gasteiger partial charge < -0.3 is 14.5 Å². The molecule has 132 valence electrons. The molecule has 0 fully saturated rings. The van der Waals surface area contributed by atoms with E-state index in [4.69, 9.17) is 9.15 Å². The van der Waals surface area contributed by atoms with Crippen molar-refractivity contribution in [1.29, 1.82) is 0 Å². The van der Waals surface area contributed by atoms with E-state index in [1.165, 1.54) is 0 Å². The molecule has 3 heterocycles. The average Bonchev–Trinajstić information content (AvgIpc) is 3.15. The van der Waals surface area contributed by atoms with Crippen LogP contribution >= 0.6 is 0 Å². The van der Waals surface area contributed by atoms with E-state index in [0.29, 0.717) is 17.0 Å². The molecule has 3 aromatic heterocycles. The van der Waals surface area contributed by atoms with Crippen LogP contribution in [0.1, 0.15) is 11.3 Å². The number of furan rings is 1. The SMILES string of the molecule is COc1ccc2c(CC(=O)Nc3cnc4c(c3)c(C)nn4C)coc2c1. The molecular weight excluding hydrogens is 332 g/mol. The maximum atomic E-state index is 12.4. The number of amides is 1. The first-order valence-corrected chi connectivity index (χ1v) is 8.18. The fourth-order valence-corrected chi connectivity index (χ4v) is 3.08. The highest BCUT2D eigenvalue weighted by Crippen LogP contribution is 2.26. The van der Waals surface area contributed by atoms with E-state index in [2.05, 4.69) is 15.4 Å². The van der Waals surface area contributed by atoms with Crippen molar-refractivity contribution in [3.63, 3.8) is 0 Å². The Hall–Kier alpha value is -3.35. The summed E-state index contributed by atoms with van der Waals surface area (Å²) in [7, 11) is 3.45. The zero-order chi connectivity index (χ0) is 18.3. The highest BCUT2D eigenvalue weighted by atomic mass is 16.5.